The molecule has 3 rings (SSSR count). The zero-order valence-electron chi connectivity index (χ0n) is 17.5. The summed E-state index contributed by atoms with van der Waals surface area (Å²) in [5.74, 6) is 0. The molecule has 0 radical (unpaired) electrons. The van der Waals surface area contributed by atoms with Crippen LogP contribution in [0.1, 0.15) is 36.8 Å². The molecule has 1 heterocycles. The Morgan fingerprint density at radius 2 is 1.59 bits per heavy atom. The quantitative estimate of drug-likeness (QED) is 0.398. The third-order valence-electron chi connectivity index (χ3n) is 5.75. The van der Waals surface area contributed by atoms with E-state index in [1.807, 2.05) is 12.1 Å². The molecule has 0 aliphatic rings. The van der Waals surface area contributed by atoms with Gasteiger partial charge in [0.05, 0.1) is 17.0 Å². The van der Waals surface area contributed by atoms with Crippen molar-refractivity contribution in [2.24, 2.45) is 0 Å². The molecule has 0 atom stereocenters. The van der Waals surface area contributed by atoms with E-state index in [0.29, 0.717) is 22.8 Å². The molecule has 1 aromatic heterocycles. The van der Waals surface area contributed by atoms with Crippen molar-refractivity contribution in [2.75, 3.05) is 0 Å². The maximum Gasteiger partial charge on any atom is 0.268 e. The lowest BCUT2D eigenvalue weighted by Gasteiger charge is -2.36. The number of aldehydes is 1. The third-order valence-corrected chi connectivity index (χ3v) is 12.0. The van der Waals surface area contributed by atoms with Gasteiger partial charge in [0.15, 0.2) is 14.6 Å². The number of hydrogen-bond acceptors (Lipinski definition) is 4. The Morgan fingerprint density at radius 3 is 2.17 bits per heavy atom. The topological polar surface area (TPSA) is 65.4 Å². The number of nitrogens with zero attached hydrogens (tertiary/aromatic N) is 1. The van der Waals surface area contributed by atoms with E-state index in [1.54, 1.807) is 30.3 Å². The molecule has 5 nitrogen and oxygen atoms in total. The summed E-state index contributed by atoms with van der Waals surface area (Å²) in [4.78, 5) is 12.2. The average molecular weight is 430 g/mol. The molecule has 0 aliphatic carbocycles. The van der Waals surface area contributed by atoms with Crippen LogP contribution in [0.15, 0.2) is 59.5 Å². The van der Waals surface area contributed by atoms with Gasteiger partial charge in [-0.3, -0.25) is 4.79 Å². The van der Waals surface area contributed by atoms with Crippen molar-refractivity contribution < 1.29 is 17.6 Å². The van der Waals surface area contributed by atoms with Crippen LogP contribution in [0.4, 0.5) is 0 Å². The monoisotopic (exact) mass is 429 g/mol. The van der Waals surface area contributed by atoms with E-state index >= 15 is 0 Å². The van der Waals surface area contributed by atoms with Gasteiger partial charge in [-0.15, -0.1) is 0 Å². The maximum atomic E-state index is 13.4. The molecule has 0 bridgehead atoms. The number of carbonyl (C=O) groups excluding carboxylic acids is 1. The summed E-state index contributed by atoms with van der Waals surface area (Å²) >= 11 is 0. The van der Waals surface area contributed by atoms with Gasteiger partial charge >= 0.3 is 0 Å². The van der Waals surface area contributed by atoms with E-state index in [2.05, 4.69) is 33.9 Å². The van der Waals surface area contributed by atoms with Crippen LogP contribution in [0.2, 0.25) is 18.1 Å². The van der Waals surface area contributed by atoms with Crippen LogP contribution in [-0.2, 0) is 21.1 Å². The fourth-order valence-corrected chi connectivity index (χ4v) is 5.47. The minimum absolute atomic E-state index is 0.00280. The van der Waals surface area contributed by atoms with Crippen molar-refractivity contribution in [3.05, 3.63) is 65.9 Å². The standard InChI is InChI=1S/C22H27NO4SSi/c1-22(2,3)29(4,5)27-16-19-18-13-9-10-14-20(18)23(21(19)15-24)28(25,26)17-11-7-6-8-12-17/h6-15H,16H2,1-5H3. The van der Waals surface area contributed by atoms with Crippen molar-refractivity contribution in [3.63, 3.8) is 0 Å². The first-order chi connectivity index (χ1) is 13.5. The van der Waals surface area contributed by atoms with E-state index in [0.717, 1.165) is 3.97 Å². The molecule has 0 aliphatic heterocycles. The SMILES string of the molecule is CC(C)(C)[Si](C)(C)OCc1c(C=O)n(S(=O)(=O)c2ccccc2)c2ccccc12. The molecular formula is C22H27NO4SSi. The molecule has 154 valence electrons. The van der Waals surface area contributed by atoms with Crippen molar-refractivity contribution in [2.45, 2.75) is 50.4 Å². The molecular weight excluding hydrogens is 402 g/mol. The van der Waals surface area contributed by atoms with Gasteiger partial charge in [-0.2, -0.15) is 0 Å². The second-order valence-electron chi connectivity index (χ2n) is 8.63. The van der Waals surface area contributed by atoms with Crippen LogP contribution < -0.4 is 0 Å². The second-order valence-corrected chi connectivity index (χ2v) is 15.2. The second kappa shape index (κ2) is 7.55. The molecule has 0 spiro atoms. The summed E-state index contributed by atoms with van der Waals surface area (Å²) in [6.45, 7) is 10.9. The van der Waals surface area contributed by atoms with Gasteiger partial charge < -0.3 is 4.43 Å². The van der Waals surface area contributed by atoms with Gasteiger partial charge in [0.25, 0.3) is 10.0 Å². The molecule has 0 fully saturated rings. The Bertz CT molecular complexity index is 1140. The summed E-state index contributed by atoms with van der Waals surface area (Å²) in [6.07, 6.45) is 0.616. The van der Waals surface area contributed by atoms with E-state index in [9.17, 15) is 13.2 Å². The maximum absolute atomic E-state index is 13.4. The highest BCUT2D eigenvalue weighted by molar-refractivity contribution is 7.90. The highest BCUT2D eigenvalue weighted by Gasteiger charge is 2.38. The van der Waals surface area contributed by atoms with Gasteiger partial charge in [0, 0.05) is 10.9 Å². The van der Waals surface area contributed by atoms with Crippen LogP contribution in [0.25, 0.3) is 10.9 Å². The van der Waals surface area contributed by atoms with Crippen molar-refractivity contribution >= 4 is 35.5 Å². The van der Waals surface area contributed by atoms with E-state index < -0.39 is 18.3 Å². The average Bonchev–Trinajstić information content (AvgIpc) is 3.00. The fraction of sp³-hybridized carbons (Fsp3) is 0.318. The number of para-hydroxylation sites is 1. The first-order valence-electron chi connectivity index (χ1n) is 9.53. The Morgan fingerprint density at radius 1 is 1.00 bits per heavy atom. The van der Waals surface area contributed by atoms with Crippen molar-refractivity contribution in [1.82, 2.24) is 3.97 Å². The number of carbonyl (C=O) groups is 1. The highest BCUT2D eigenvalue weighted by Crippen LogP contribution is 2.38. The lowest BCUT2D eigenvalue weighted by Crippen LogP contribution is -2.40. The Labute approximate surface area is 173 Å². The summed E-state index contributed by atoms with van der Waals surface area (Å²) in [6, 6.07) is 15.3. The van der Waals surface area contributed by atoms with Crippen LogP contribution in [0.5, 0.6) is 0 Å². The predicted octanol–water partition coefficient (Wildman–Crippen LogP) is 5.21. The Balaban J connectivity index is 2.20. The zero-order chi connectivity index (χ0) is 21.4. The van der Waals surface area contributed by atoms with Crippen LogP contribution in [0.3, 0.4) is 0 Å². The number of fused-ring (bicyclic) bond motifs is 1. The van der Waals surface area contributed by atoms with E-state index in [-0.39, 0.29) is 22.2 Å². The van der Waals surface area contributed by atoms with Gasteiger partial charge in [0.1, 0.15) is 5.69 Å². The molecule has 0 saturated heterocycles. The fourth-order valence-electron chi connectivity index (χ4n) is 2.99. The predicted molar refractivity (Wildman–Crippen MR) is 118 cm³/mol. The first-order valence-corrected chi connectivity index (χ1v) is 13.9. The van der Waals surface area contributed by atoms with Gasteiger partial charge in [-0.25, -0.2) is 12.4 Å². The van der Waals surface area contributed by atoms with Gasteiger partial charge in [-0.05, 0) is 36.3 Å². The lowest BCUT2D eigenvalue weighted by molar-refractivity contribution is 0.111. The molecule has 0 unspecified atom stereocenters. The van der Waals surface area contributed by atoms with Crippen LogP contribution in [0, 0.1) is 0 Å². The van der Waals surface area contributed by atoms with E-state index in [4.69, 9.17) is 4.43 Å². The number of benzene rings is 2. The molecule has 29 heavy (non-hydrogen) atoms. The minimum atomic E-state index is -3.93. The molecule has 0 N–H and O–H groups in total. The molecule has 0 amide bonds. The zero-order valence-corrected chi connectivity index (χ0v) is 19.3. The Hall–Kier alpha value is -2.22. The number of hydrogen-bond donors (Lipinski definition) is 0. The molecule has 3 aromatic rings. The van der Waals surface area contributed by atoms with Crippen LogP contribution in [-0.4, -0.2) is 27.0 Å². The third kappa shape index (κ3) is 3.82. The largest absolute Gasteiger partial charge is 0.412 e. The van der Waals surface area contributed by atoms with Gasteiger partial charge in [-0.1, -0.05) is 57.2 Å². The van der Waals surface area contributed by atoms with Crippen molar-refractivity contribution in [3.8, 4) is 0 Å². The molecule has 2 aromatic carbocycles. The number of rotatable bonds is 6. The minimum Gasteiger partial charge on any atom is -0.412 e. The highest BCUT2D eigenvalue weighted by atomic mass is 32.2. The summed E-state index contributed by atoms with van der Waals surface area (Å²) in [5.41, 5.74) is 1.21. The number of aromatic nitrogens is 1. The van der Waals surface area contributed by atoms with Crippen LogP contribution >= 0.6 is 0 Å². The molecule has 7 heteroatoms. The first kappa shape index (κ1) is 21.5. The van der Waals surface area contributed by atoms with Gasteiger partial charge in [0.2, 0.25) is 0 Å². The molecule has 0 saturated carbocycles. The van der Waals surface area contributed by atoms with Crippen molar-refractivity contribution in [1.29, 1.82) is 0 Å². The normalized spacial score (nSPS) is 13.0. The smallest absolute Gasteiger partial charge is 0.268 e. The van der Waals surface area contributed by atoms with E-state index in [1.165, 1.54) is 12.1 Å². The summed E-state index contributed by atoms with van der Waals surface area (Å²) < 4.78 is 34.2. The lowest BCUT2D eigenvalue weighted by atomic mass is 10.1. The summed E-state index contributed by atoms with van der Waals surface area (Å²) in [5, 5.41) is 0.718. The Kier molecular flexibility index (Phi) is 5.59. The summed E-state index contributed by atoms with van der Waals surface area (Å²) in [7, 11) is -6.01.